The molecule has 2 bridgehead atoms. The highest BCUT2D eigenvalue weighted by Gasteiger charge is 2.46. The van der Waals surface area contributed by atoms with E-state index in [9.17, 15) is 23.2 Å². The van der Waals surface area contributed by atoms with Crippen LogP contribution in [-0.4, -0.2) is 55.1 Å². The summed E-state index contributed by atoms with van der Waals surface area (Å²) in [6, 6.07) is 2.10. The summed E-state index contributed by atoms with van der Waals surface area (Å²) in [5.74, 6) is -2.29. The maximum absolute atomic E-state index is 14.4. The highest BCUT2D eigenvalue weighted by atomic mass is 19.1. The molecule has 1 aromatic carbocycles. The van der Waals surface area contributed by atoms with Crippen molar-refractivity contribution >= 4 is 23.5 Å². The lowest BCUT2D eigenvalue weighted by molar-refractivity contribution is -0.136. The van der Waals surface area contributed by atoms with Crippen LogP contribution in [0.1, 0.15) is 31.7 Å². The van der Waals surface area contributed by atoms with Gasteiger partial charge in [0.1, 0.15) is 11.6 Å². The molecule has 156 valence electrons. The Hall–Kier alpha value is -2.97. The summed E-state index contributed by atoms with van der Waals surface area (Å²) in [6.45, 7) is 1.91. The van der Waals surface area contributed by atoms with Gasteiger partial charge in [0.05, 0.1) is 18.7 Å². The average molecular weight is 407 g/mol. The Bertz CT molecular complexity index is 871. The Morgan fingerprint density at radius 2 is 1.90 bits per heavy atom. The van der Waals surface area contributed by atoms with E-state index < -0.39 is 23.6 Å². The van der Waals surface area contributed by atoms with Crippen LogP contribution in [-0.2, 0) is 14.3 Å². The fourth-order valence-corrected chi connectivity index (χ4v) is 4.08. The van der Waals surface area contributed by atoms with Crippen LogP contribution in [0.25, 0.3) is 5.57 Å². The van der Waals surface area contributed by atoms with Gasteiger partial charge in [0.15, 0.2) is 0 Å². The predicted octanol–water partition coefficient (Wildman–Crippen LogP) is 1.97. The number of methoxy groups -OCH3 is 1. The average Bonchev–Trinajstić information content (AvgIpc) is 2.98. The number of hydrogen-bond donors (Lipinski definition) is 2. The molecule has 0 aromatic heterocycles. The first-order valence-electron chi connectivity index (χ1n) is 9.40. The zero-order valence-corrected chi connectivity index (χ0v) is 16.3. The molecule has 0 saturated carbocycles. The Balaban J connectivity index is 1.89. The summed E-state index contributed by atoms with van der Waals surface area (Å²) in [4.78, 5) is 37.8. The van der Waals surface area contributed by atoms with Crippen molar-refractivity contribution in [2.75, 3.05) is 20.2 Å². The van der Waals surface area contributed by atoms with Crippen LogP contribution in [0, 0.1) is 11.6 Å². The number of esters is 1. The molecule has 2 aliphatic rings. The predicted molar refractivity (Wildman–Crippen MR) is 101 cm³/mol. The standard InChI is InChI=1S/C20H23F2N3O4/c1-11(26)23-7-8-24-20(28)25-13-4-6-17(25)18(19(27)29-2)15(10-13)14-5-3-12(21)9-16(14)22/h3,5,9,13,17H,4,6-8,10H2,1-2H3,(H,23,26)(H,24,28)/t13-,17+/m0/s1. The molecule has 2 aliphatic heterocycles. The zero-order chi connectivity index (χ0) is 21.1. The number of nitrogens with one attached hydrogen (secondary N) is 2. The van der Waals surface area contributed by atoms with E-state index in [0.29, 0.717) is 18.4 Å². The zero-order valence-electron chi connectivity index (χ0n) is 16.3. The summed E-state index contributed by atoms with van der Waals surface area (Å²) < 4.78 is 32.7. The molecule has 7 nitrogen and oxygen atoms in total. The van der Waals surface area contributed by atoms with Gasteiger partial charge in [-0.25, -0.2) is 18.4 Å². The molecular weight excluding hydrogens is 384 g/mol. The number of carbonyl (C=O) groups is 3. The Morgan fingerprint density at radius 1 is 1.17 bits per heavy atom. The molecule has 0 unspecified atom stereocenters. The molecule has 29 heavy (non-hydrogen) atoms. The number of fused-ring (bicyclic) bond motifs is 2. The summed E-state index contributed by atoms with van der Waals surface area (Å²) in [5.41, 5.74) is 0.822. The lowest BCUT2D eigenvalue weighted by atomic mass is 9.88. The lowest BCUT2D eigenvalue weighted by Crippen LogP contribution is -2.51. The largest absolute Gasteiger partial charge is 0.466 e. The fourth-order valence-electron chi connectivity index (χ4n) is 4.08. The van der Waals surface area contributed by atoms with Crippen LogP contribution in [0.15, 0.2) is 23.8 Å². The highest BCUT2D eigenvalue weighted by Crippen LogP contribution is 2.44. The first kappa shape index (κ1) is 20.8. The third kappa shape index (κ3) is 4.23. The Morgan fingerprint density at radius 3 is 2.55 bits per heavy atom. The van der Waals surface area contributed by atoms with E-state index in [-0.39, 0.29) is 48.6 Å². The third-order valence-electron chi connectivity index (χ3n) is 5.27. The topological polar surface area (TPSA) is 87.7 Å². The molecule has 1 fully saturated rings. The van der Waals surface area contributed by atoms with Gasteiger partial charge in [-0.3, -0.25) is 4.79 Å². The molecule has 2 N–H and O–H groups in total. The minimum atomic E-state index is -0.756. The number of benzene rings is 1. The number of rotatable bonds is 5. The number of nitrogens with zero attached hydrogens (tertiary/aromatic N) is 1. The molecule has 9 heteroatoms. The van der Waals surface area contributed by atoms with E-state index in [1.807, 2.05) is 0 Å². The van der Waals surface area contributed by atoms with Crippen LogP contribution >= 0.6 is 0 Å². The van der Waals surface area contributed by atoms with Crippen molar-refractivity contribution in [1.82, 2.24) is 15.5 Å². The SMILES string of the molecule is COC(=O)C1=C(c2ccc(F)cc2F)C[C@@H]2CC[C@H]1N2C(=O)NCCNC(C)=O. The van der Waals surface area contributed by atoms with Crippen LogP contribution in [0.2, 0.25) is 0 Å². The van der Waals surface area contributed by atoms with Gasteiger partial charge < -0.3 is 20.3 Å². The maximum Gasteiger partial charge on any atom is 0.336 e. The van der Waals surface area contributed by atoms with E-state index in [0.717, 1.165) is 12.1 Å². The van der Waals surface area contributed by atoms with Crippen molar-refractivity contribution < 1.29 is 27.9 Å². The summed E-state index contributed by atoms with van der Waals surface area (Å²) in [5, 5.41) is 5.32. The molecule has 1 saturated heterocycles. The molecule has 3 amide bonds. The van der Waals surface area contributed by atoms with Gasteiger partial charge in [0.2, 0.25) is 5.91 Å². The fraction of sp³-hybridized carbons (Fsp3) is 0.450. The molecule has 1 aromatic rings. The van der Waals surface area contributed by atoms with Gasteiger partial charge in [-0.2, -0.15) is 0 Å². The van der Waals surface area contributed by atoms with Crippen molar-refractivity contribution in [3.63, 3.8) is 0 Å². The Labute approximate surface area is 167 Å². The second-order valence-electron chi connectivity index (χ2n) is 7.08. The van der Waals surface area contributed by atoms with Gasteiger partial charge in [-0.05, 0) is 37.0 Å². The molecule has 2 atom stereocenters. The first-order chi connectivity index (χ1) is 13.8. The van der Waals surface area contributed by atoms with Crippen LogP contribution < -0.4 is 10.6 Å². The normalized spacial score (nSPS) is 20.5. The van der Waals surface area contributed by atoms with Crippen LogP contribution in [0.3, 0.4) is 0 Å². The van der Waals surface area contributed by atoms with Gasteiger partial charge in [-0.15, -0.1) is 0 Å². The van der Waals surface area contributed by atoms with Crippen molar-refractivity contribution in [3.8, 4) is 0 Å². The maximum atomic E-state index is 14.4. The number of hydrogen-bond acceptors (Lipinski definition) is 4. The van der Waals surface area contributed by atoms with Crippen LogP contribution in [0.4, 0.5) is 13.6 Å². The van der Waals surface area contributed by atoms with Gasteiger partial charge >= 0.3 is 12.0 Å². The number of carbonyl (C=O) groups excluding carboxylic acids is 3. The molecule has 0 spiro atoms. The molecule has 0 radical (unpaired) electrons. The second-order valence-corrected chi connectivity index (χ2v) is 7.08. The third-order valence-corrected chi connectivity index (χ3v) is 5.27. The first-order valence-corrected chi connectivity index (χ1v) is 9.40. The molecule has 0 aliphatic carbocycles. The Kier molecular flexibility index (Phi) is 6.14. The lowest BCUT2D eigenvalue weighted by Gasteiger charge is -2.37. The van der Waals surface area contributed by atoms with E-state index >= 15 is 0 Å². The minimum absolute atomic E-state index is 0.148. The number of amides is 3. The van der Waals surface area contributed by atoms with Gasteiger partial charge in [0, 0.05) is 37.7 Å². The van der Waals surface area contributed by atoms with Gasteiger partial charge in [0.25, 0.3) is 0 Å². The number of urea groups is 1. The van der Waals surface area contributed by atoms with Crippen molar-refractivity contribution in [2.45, 2.75) is 38.3 Å². The van der Waals surface area contributed by atoms with Crippen molar-refractivity contribution in [3.05, 3.63) is 41.0 Å². The highest BCUT2D eigenvalue weighted by molar-refractivity contribution is 6.01. The minimum Gasteiger partial charge on any atom is -0.466 e. The van der Waals surface area contributed by atoms with E-state index in [4.69, 9.17) is 4.74 Å². The second kappa shape index (κ2) is 8.59. The summed E-state index contributed by atoms with van der Waals surface area (Å²) >= 11 is 0. The van der Waals surface area contributed by atoms with Gasteiger partial charge in [-0.1, -0.05) is 0 Å². The quantitative estimate of drug-likeness (QED) is 0.577. The van der Waals surface area contributed by atoms with Crippen LogP contribution in [0.5, 0.6) is 0 Å². The summed E-state index contributed by atoms with van der Waals surface area (Å²) in [6.07, 6.45) is 1.46. The van der Waals surface area contributed by atoms with E-state index in [2.05, 4.69) is 10.6 Å². The molecule has 2 heterocycles. The monoisotopic (exact) mass is 407 g/mol. The molecular formula is C20H23F2N3O4. The molecule has 3 rings (SSSR count). The summed E-state index contributed by atoms with van der Waals surface area (Å²) in [7, 11) is 1.23. The van der Waals surface area contributed by atoms with E-state index in [1.165, 1.54) is 20.1 Å². The van der Waals surface area contributed by atoms with Crippen molar-refractivity contribution in [1.29, 1.82) is 0 Å². The smallest absolute Gasteiger partial charge is 0.336 e. The van der Waals surface area contributed by atoms with E-state index in [1.54, 1.807) is 4.90 Å². The number of ether oxygens (including phenoxy) is 1. The number of halogens is 2. The van der Waals surface area contributed by atoms with Crippen molar-refractivity contribution in [2.24, 2.45) is 0 Å².